The molecule has 0 aliphatic carbocycles. The Hall–Kier alpha value is -1.20. The minimum Gasteiger partial charge on any atom is -0.370 e. The SMILES string of the molecule is CC1CN(C(=O)c2ccc(F)c(F)c2)CC(CCl)O1. The van der Waals surface area contributed by atoms with Crippen LogP contribution in [0.4, 0.5) is 8.78 Å². The number of halogens is 3. The molecule has 6 heteroatoms. The van der Waals surface area contributed by atoms with Crippen LogP contribution in [0, 0.1) is 11.6 Å². The van der Waals surface area contributed by atoms with E-state index < -0.39 is 11.6 Å². The highest BCUT2D eigenvalue weighted by Gasteiger charge is 2.28. The fourth-order valence-corrected chi connectivity index (χ4v) is 2.28. The number of amides is 1. The molecule has 2 atom stereocenters. The van der Waals surface area contributed by atoms with Crippen LogP contribution in [0.3, 0.4) is 0 Å². The van der Waals surface area contributed by atoms with E-state index in [9.17, 15) is 13.6 Å². The average Bonchev–Trinajstić information content (AvgIpc) is 2.40. The lowest BCUT2D eigenvalue weighted by Gasteiger charge is -2.36. The van der Waals surface area contributed by atoms with E-state index in [-0.39, 0.29) is 29.6 Å². The van der Waals surface area contributed by atoms with Gasteiger partial charge in [0, 0.05) is 18.7 Å². The lowest BCUT2D eigenvalue weighted by Crippen LogP contribution is -2.49. The molecule has 0 saturated carbocycles. The molecule has 3 nitrogen and oxygen atoms in total. The van der Waals surface area contributed by atoms with Crippen LogP contribution >= 0.6 is 11.6 Å². The van der Waals surface area contributed by atoms with Gasteiger partial charge in [0.15, 0.2) is 11.6 Å². The van der Waals surface area contributed by atoms with Crippen LogP contribution in [0.15, 0.2) is 18.2 Å². The van der Waals surface area contributed by atoms with Gasteiger partial charge in [-0.1, -0.05) is 0 Å². The summed E-state index contributed by atoms with van der Waals surface area (Å²) in [5.41, 5.74) is 0.126. The molecule has 1 aromatic carbocycles. The maximum Gasteiger partial charge on any atom is 0.254 e. The largest absolute Gasteiger partial charge is 0.370 e. The highest BCUT2D eigenvalue weighted by atomic mass is 35.5. The van der Waals surface area contributed by atoms with Crippen molar-refractivity contribution in [3.8, 4) is 0 Å². The fraction of sp³-hybridized carbons (Fsp3) is 0.462. The number of benzene rings is 1. The number of alkyl halides is 1. The zero-order valence-electron chi connectivity index (χ0n) is 10.4. The molecule has 0 aromatic heterocycles. The highest BCUT2D eigenvalue weighted by Crippen LogP contribution is 2.17. The van der Waals surface area contributed by atoms with Crippen molar-refractivity contribution in [2.24, 2.45) is 0 Å². The van der Waals surface area contributed by atoms with Gasteiger partial charge in [0.2, 0.25) is 0 Å². The number of carbonyl (C=O) groups is 1. The molecule has 1 aliphatic heterocycles. The van der Waals surface area contributed by atoms with Crippen molar-refractivity contribution in [1.82, 2.24) is 4.90 Å². The van der Waals surface area contributed by atoms with Crippen LogP contribution in [0.1, 0.15) is 17.3 Å². The molecule has 1 saturated heterocycles. The van der Waals surface area contributed by atoms with Crippen molar-refractivity contribution in [1.29, 1.82) is 0 Å². The number of rotatable bonds is 2. The Kier molecular flexibility index (Phi) is 4.37. The third-order valence-electron chi connectivity index (χ3n) is 2.95. The summed E-state index contributed by atoms with van der Waals surface area (Å²) in [6.45, 7) is 2.60. The van der Waals surface area contributed by atoms with E-state index in [1.807, 2.05) is 6.92 Å². The van der Waals surface area contributed by atoms with Crippen LogP contribution < -0.4 is 0 Å². The monoisotopic (exact) mass is 289 g/mol. The van der Waals surface area contributed by atoms with E-state index in [0.717, 1.165) is 12.1 Å². The predicted octanol–water partition coefficient (Wildman–Crippen LogP) is 2.43. The zero-order valence-corrected chi connectivity index (χ0v) is 11.2. The maximum atomic E-state index is 13.1. The van der Waals surface area contributed by atoms with Crippen LogP contribution in [0.5, 0.6) is 0 Å². The minimum atomic E-state index is -1.03. The topological polar surface area (TPSA) is 29.5 Å². The molecule has 1 aliphatic rings. The van der Waals surface area contributed by atoms with Crippen LogP contribution in [0.2, 0.25) is 0 Å². The third-order valence-corrected chi connectivity index (χ3v) is 3.30. The van der Waals surface area contributed by atoms with Gasteiger partial charge in [-0.3, -0.25) is 4.79 Å². The number of nitrogens with zero attached hydrogens (tertiary/aromatic N) is 1. The number of hydrogen-bond donors (Lipinski definition) is 0. The van der Waals surface area contributed by atoms with Gasteiger partial charge in [-0.2, -0.15) is 0 Å². The van der Waals surface area contributed by atoms with Crippen molar-refractivity contribution >= 4 is 17.5 Å². The number of hydrogen-bond acceptors (Lipinski definition) is 2. The van der Waals surface area contributed by atoms with Gasteiger partial charge < -0.3 is 9.64 Å². The van der Waals surface area contributed by atoms with Crippen LogP contribution in [0.25, 0.3) is 0 Å². The second-order valence-electron chi connectivity index (χ2n) is 4.56. The van der Waals surface area contributed by atoms with E-state index in [1.54, 1.807) is 4.90 Å². The predicted molar refractivity (Wildman–Crippen MR) is 67.3 cm³/mol. The molecule has 19 heavy (non-hydrogen) atoms. The van der Waals surface area contributed by atoms with Crippen molar-refractivity contribution in [2.45, 2.75) is 19.1 Å². The van der Waals surface area contributed by atoms with Crippen molar-refractivity contribution in [3.63, 3.8) is 0 Å². The normalized spacial score (nSPS) is 23.5. The molecule has 1 heterocycles. The Morgan fingerprint density at radius 2 is 2.16 bits per heavy atom. The highest BCUT2D eigenvalue weighted by molar-refractivity contribution is 6.18. The molecule has 1 amide bonds. The number of morpholine rings is 1. The number of carbonyl (C=O) groups excluding carboxylic acids is 1. The molecule has 1 aromatic rings. The molecule has 2 unspecified atom stereocenters. The summed E-state index contributed by atoms with van der Waals surface area (Å²) in [6.07, 6.45) is -0.369. The van der Waals surface area contributed by atoms with E-state index in [2.05, 4.69) is 0 Å². The molecule has 1 fully saturated rings. The molecule has 2 rings (SSSR count). The van der Waals surface area contributed by atoms with Crippen LogP contribution in [-0.2, 0) is 4.74 Å². The zero-order chi connectivity index (χ0) is 14.0. The first kappa shape index (κ1) is 14.2. The Bertz CT molecular complexity index is 484. The summed E-state index contributed by atoms with van der Waals surface area (Å²) in [7, 11) is 0. The van der Waals surface area contributed by atoms with E-state index >= 15 is 0 Å². The first-order chi connectivity index (χ1) is 9.01. The first-order valence-corrected chi connectivity index (χ1v) is 6.50. The van der Waals surface area contributed by atoms with Crippen LogP contribution in [-0.4, -0.2) is 42.0 Å². The van der Waals surface area contributed by atoms with Gasteiger partial charge in [0.05, 0.1) is 18.1 Å². The molecular weight excluding hydrogens is 276 g/mol. The smallest absolute Gasteiger partial charge is 0.254 e. The Morgan fingerprint density at radius 1 is 1.42 bits per heavy atom. The van der Waals surface area contributed by atoms with E-state index in [4.69, 9.17) is 16.3 Å². The van der Waals surface area contributed by atoms with Crippen molar-refractivity contribution in [2.75, 3.05) is 19.0 Å². The van der Waals surface area contributed by atoms with Gasteiger partial charge >= 0.3 is 0 Å². The number of ether oxygens (including phenoxy) is 1. The summed E-state index contributed by atoms with van der Waals surface area (Å²) in [5, 5.41) is 0. The van der Waals surface area contributed by atoms with E-state index in [0.29, 0.717) is 13.1 Å². The Labute approximate surface area is 115 Å². The quantitative estimate of drug-likeness (QED) is 0.783. The summed E-state index contributed by atoms with van der Waals surface area (Å²) >= 11 is 5.74. The first-order valence-electron chi connectivity index (χ1n) is 5.97. The Balaban J connectivity index is 2.16. The summed E-state index contributed by atoms with van der Waals surface area (Å²) in [6, 6.07) is 3.13. The summed E-state index contributed by atoms with van der Waals surface area (Å²) < 4.78 is 31.5. The maximum absolute atomic E-state index is 13.1. The Morgan fingerprint density at radius 3 is 2.79 bits per heavy atom. The molecular formula is C13H14ClF2NO2. The minimum absolute atomic E-state index is 0.126. The lowest BCUT2D eigenvalue weighted by molar-refractivity contribution is -0.0570. The summed E-state index contributed by atoms with van der Waals surface area (Å²) in [4.78, 5) is 13.8. The molecule has 0 N–H and O–H groups in total. The molecule has 0 radical (unpaired) electrons. The molecule has 0 bridgehead atoms. The average molecular weight is 290 g/mol. The van der Waals surface area contributed by atoms with Gasteiger partial charge in [0.1, 0.15) is 0 Å². The summed E-state index contributed by atoms with van der Waals surface area (Å²) in [5.74, 6) is -2.05. The second kappa shape index (κ2) is 5.84. The third kappa shape index (κ3) is 3.22. The standard InChI is InChI=1S/C13H14ClF2NO2/c1-8-6-17(7-10(5-14)19-8)13(18)9-2-3-11(15)12(16)4-9/h2-4,8,10H,5-7H2,1H3. The fourth-order valence-electron chi connectivity index (χ4n) is 2.11. The van der Waals surface area contributed by atoms with Gasteiger partial charge in [-0.15, -0.1) is 11.6 Å². The molecule has 0 spiro atoms. The molecule has 104 valence electrons. The van der Waals surface area contributed by atoms with Gasteiger partial charge in [-0.25, -0.2) is 8.78 Å². The van der Waals surface area contributed by atoms with Crippen molar-refractivity contribution < 1.29 is 18.3 Å². The van der Waals surface area contributed by atoms with Gasteiger partial charge in [-0.05, 0) is 25.1 Å². The second-order valence-corrected chi connectivity index (χ2v) is 4.87. The van der Waals surface area contributed by atoms with Crippen molar-refractivity contribution in [3.05, 3.63) is 35.4 Å². The lowest BCUT2D eigenvalue weighted by atomic mass is 10.1. The van der Waals surface area contributed by atoms with E-state index in [1.165, 1.54) is 6.07 Å². The van der Waals surface area contributed by atoms with Gasteiger partial charge in [0.25, 0.3) is 5.91 Å².